The molecule has 6 heteroatoms. The maximum atomic E-state index is 12.0. The number of nitrogens with one attached hydrogen (secondary N) is 1. The largest absolute Gasteiger partial charge is 0.496 e. The van der Waals surface area contributed by atoms with E-state index in [9.17, 15) is 4.79 Å². The molecule has 0 amide bonds. The molecule has 1 N–H and O–H groups in total. The molecule has 0 unspecified atom stereocenters. The number of fused-ring (bicyclic) bond motifs is 3. The summed E-state index contributed by atoms with van der Waals surface area (Å²) in [4.78, 5) is 14.9. The van der Waals surface area contributed by atoms with Crippen molar-refractivity contribution in [1.82, 2.24) is 14.6 Å². The van der Waals surface area contributed by atoms with Gasteiger partial charge in [-0.2, -0.15) is 5.10 Å². The summed E-state index contributed by atoms with van der Waals surface area (Å²) in [6.07, 6.45) is 1.67. The second-order valence-corrected chi connectivity index (χ2v) is 4.62. The molecule has 0 bridgehead atoms. The van der Waals surface area contributed by atoms with Gasteiger partial charge in [0.25, 0.3) is 5.56 Å². The quantitative estimate of drug-likeness (QED) is 0.731. The predicted molar refractivity (Wildman–Crippen MR) is 74.2 cm³/mol. The van der Waals surface area contributed by atoms with Crippen LogP contribution >= 0.6 is 11.6 Å². The van der Waals surface area contributed by atoms with Gasteiger partial charge in [0.15, 0.2) is 0 Å². The van der Waals surface area contributed by atoms with Gasteiger partial charge in [0, 0.05) is 17.2 Å². The van der Waals surface area contributed by atoms with E-state index in [0.717, 1.165) is 16.6 Å². The SMILES string of the molecule is COc1cc2c(cc1CCl)[nH]c(=O)c1c(C)cnn12. The van der Waals surface area contributed by atoms with Crippen LogP contribution in [-0.2, 0) is 5.88 Å². The van der Waals surface area contributed by atoms with Gasteiger partial charge in [0.1, 0.15) is 11.3 Å². The summed E-state index contributed by atoms with van der Waals surface area (Å²) in [7, 11) is 1.59. The first kappa shape index (κ1) is 12.0. The first-order chi connectivity index (χ1) is 9.15. The number of nitrogens with zero attached hydrogens (tertiary/aromatic N) is 2. The van der Waals surface area contributed by atoms with E-state index in [1.807, 2.05) is 19.1 Å². The Morgan fingerprint density at radius 3 is 2.95 bits per heavy atom. The fraction of sp³-hybridized carbons (Fsp3) is 0.231. The lowest BCUT2D eigenvalue weighted by molar-refractivity contribution is 0.411. The number of benzene rings is 1. The minimum absolute atomic E-state index is 0.159. The van der Waals surface area contributed by atoms with Crippen molar-refractivity contribution in [3.8, 4) is 5.75 Å². The maximum absolute atomic E-state index is 12.0. The molecule has 3 aromatic rings. The van der Waals surface area contributed by atoms with Crippen LogP contribution in [0.25, 0.3) is 16.6 Å². The average molecular weight is 278 g/mol. The number of hydrogen-bond acceptors (Lipinski definition) is 3. The number of hydrogen-bond donors (Lipinski definition) is 1. The number of aromatic nitrogens is 3. The zero-order valence-corrected chi connectivity index (χ0v) is 11.3. The van der Waals surface area contributed by atoms with Crippen LogP contribution in [0.1, 0.15) is 11.1 Å². The van der Waals surface area contributed by atoms with Crippen molar-refractivity contribution in [3.63, 3.8) is 0 Å². The molecule has 0 aliphatic rings. The van der Waals surface area contributed by atoms with E-state index in [4.69, 9.17) is 16.3 Å². The molecule has 0 aliphatic heterocycles. The maximum Gasteiger partial charge on any atom is 0.274 e. The number of ether oxygens (including phenoxy) is 1. The fourth-order valence-electron chi connectivity index (χ4n) is 2.25. The first-order valence-electron chi connectivity index (χ1n) is 5.79. The topological polar surface area (TPSA) is 59.4 Å². The molecule has 0 saturated heterocycles. The summed E-state index contributed by atoms with van der Waals surface area (Å²) in [6, 6.07) is 3.65. The Morgan fingerprint density at radius 1 is 1.47 bits per heavy atom. The molecule has 0 radical (unpaired) electrons. The summed E-state index contributed by atoms with van der Waals surface area (Å²) >= 11 is 5.88. The van der Waals surface area contributed by atoms with Crippen molar-refractivity contribution in [3.05, 3.63) is 39.8 Å². The van der Waals surface area contributed by atoms with Crippen molar-refractivity contribution in [2.45, 2.75) is 12.8 Å². The Bertz CT molecular complexity index is 835. The van der Waals surface area contributed by atoms with Crippen molar-refractivity contribution >= 4 is 28.2 Å². The minimum Gasteiger partial charge on any atom is -0.496 e. The van der Waals surface area contributed by atoms with E-state index in [1.54, 1.807) is 17.8 Å². The monoisotopic (exact) mass is 277 g/mol. The smallest absolute Gasteiger partial charge is 0.274 e. The molecule has 1 aromatic carbocycles. The number of aryl methyl sites for hydroxylation is 1. The lowest BCUT2D eigenvalue weighted by Crippen LogP contribution is -2.11. The van der Waals surface area contributed by atoms with Crippen molar-refractivity contribution in [1.29, 1.82) is 0 Å². The van der Waals surface area contributed by atoms with Crippen LogP contribution in [0.4, 0.5) is 0 Å². The highest BCUT2D eigenvalue weighted by molar-refractivity contribution is 6.17. The Hall–Kier alpha value is -2.01. The third kappa shape index (κ3) is 1.69. The third-order valence-electron chi connectivity index (χ3n) is 3.19. The summed E-state index contributed by atoms with van der Waals surface area (Å²) in [5, 5.41) is 4.25. The zero-order chi connectivity index (χ0) is 13.6. The Kier molecular flexibility index (Phi) is 2.71. The summed E-state index contributed by atoms with van der Waals surface area (Å²) < 4.78 is 6.94. The molecule has 98 valence electrons. The summed E-state index contributed by atoms with van der Waals surface area (Å²) in [5.74, 6) is 1.00. The van der Waals surface area contributed by atoms with Gasteiger partial charge >= 0.3 is 0 Å². The van der Waals surface area contributed by atoms with Gasteiger partial charge in [-0.15, -0.1) is 11.6 Å². The van der Waals surface area contributed by atoms with Crippen LogP contribution in [0.15, 0.2) is 23.1 Å². The van der Waals surface area contributed by atoms with Crippen molar-refractivity contribution in [2.75, 3.05) is 7.11 Å². The Balaban J connectivity index is 2.51. The van der Waals surface area contributed by atoms with Gasteiger partial charge in [0.2, 0.25) is 0 Å². The van der Waals surface area contributed by atoms with Gasteiger partial charge < -0.3 is 9.72 Å². The molecule has 0 spiro atoms. The second-order valence-electron chi connectivity index (χ2n) is 4.36. The highest BCUT2D eigenvalue weighted by Crippen LogP contribution is 2.26. The predicted octanol–water partition coefficient (Wildman–Crippen LogP) is 2.23. The molecule has 0 fully saturated rings. The summed E-state index contributed by atoms with van der Waals surface area (Å²) in [5.41, 5.74) is 3.53. The van der Waals surface area contributed by atoms with E-state index < -0.39 is 0 Å². The number of H-pyrrole nitrogens is 1. The highest BCUT2D eigenvalue weighted by Gasteiger charge is 2.12. The molecular formula is C13H12ClN3O2. The van der Waals surface area contributed by atoms with Gasteiger partial charge in [-0.3, -0.25) is 4.79 Å². The second kappa shape index (κ2) is 4.28. The standard InChI is InChI=1S/C13H12ClN3O2/c1-7-6-15-17-10-4-11(19-2)8(5-14)3-9(10)16-13(18)12(7)17/h3-4,6H,5H2,1-2H3,(H,16,18). The molecule has 19 heavy (non-hydrogen) atoms. The number of alkyl halides is 1. The first-order valence-corrected chi connectivity index (χ1v) is 6.32. The minimum atomic E-state index is -0.159. The van der Waals surface area contributed by atoms with E-state index in [2.05, 4.69) is 10.1 Å². The molecule has 3 rings (SSSR count). The van der Waals surface area contributed by atoms with Gasteiger partial charge in [-0.25, -0.2) is 4.52 Å². The number of halogens is 1. The molecule has 0 atom stereocenters. The normalized spacial score (nSPS) is 11.3. The zero-order valence-electron chi connectivity index (χ0n) is 10.5. The Labute approximate surface area is 113 Å². The van der Waals surface area contributed by atoms with Crippen LogP contribution in [0.3, 0.4) is 0 Å². The molecular weight excluding hydrogens is 266 g/mol. The van der Waals surface area contributed by atoms with E-state index in [1.165, 1.54) is 0 Å². The highest BCUT2D eigenvalue weighted by atomic mass is 35.5. The van der Waals surface area contributed by atoms with Gasteiger partial charge in [-0.05, 0) is 13.0 Å². The van der Waals surface area contributed by atoms with Crippen molar-refractivity contribution in [2.24, 2.45) is 0 Å². The van der Waals surface area contributed by atoms with Gasteiger partial charge in [0.05, 0.1) is 30.2 Å². The van der Waals surface area contributed by atoms with Crippen LogP contribution < -0.4 is 10.3 Å². The average Bonchev–Trinajstić information content (AvgIpc) is 2.80. The molecule has 0 aliphatic carbocycles. The Morgan fingerprint density at radius 2 is 2.26 bits per heavy atom. The van der Waals surface area contributed by atoms with Crippen LogP contribution in [0.5, 0.6) is 5.75 Å². The number of rotatable bonds is 2. The summed E-state index contributed by atoms with van der Waals surface area (Å²) in [6.45, 7) is 1.85. The number of aromatic amines is 1. The lowest BCUT2D eigenvalue weighted by atomic mass is 10.2. The number of methoxy groups -OCH3 is 1. The molecule has 5 nitrogen and oxygen atoms in total. The van der Waals surface area contributed by atoms with Crippen molar-refractivity contribution < 1.29 is 4.74 Å². The third-order valence-corrected chi connectivity index (χ3v) is 3.47. The van der Waals surface area contributed by atoms with Crippen LogP contribution in [0.2, 0.25) is 0 Å². The van der Waals surface area contributed by atoms with E-state index in [-0.39, 0.29) is 5.56 Å². The van der Waals surface area contributed by atoms with Gasteiger partial charge in [-0.1, -0.05) is 0 Å². The fourth-order valence-corrected chi connectivity index (χ4v) is 2.46. The van der Waals surface area contributed by atoms with E-state index >= 15 is 0 Å². The molecule has 2 heterocycles. The van der Waals surface area contributed by atoms with Crippen LogP contribution in [-0.4, -0.2) is 21.7 Å². The van der Waals surface area contributed by atoms with E-state index in [0.29, 0.717) is 22.7 Å². The lowest BCUT2D eigenvalue weighted by Gasteiger charge is -2.09. The molecule has 2 aromatic heterocycles. The van der Waals surface area contributed by atoms with Crippen LogP contribution in [0, 0.1) is 6.92 Å². The molecule has 0 saturated carbocycles.